The number of carboxylic acids is 1. The number of amides is 1. The van der Waals surface area contributed by atoms with E-state index in [-0.39, 0.29) is 11.5 Å². The second kappa shape index (κ2) is 4.68. The fourth-order valence-electron chi connectivity index (χ4n) is 1.86. The second-order valence-corrected chi connectivity index (χ2v) is 4.68. The summed E-state index contributed by atoms with van der Waals surface area (Å²) in [5.74, 6) is -0.657. The number of hydrogen-bond donors (Lipinski definition) is 2. The molecule has 96 valence electrons. The van der Waals surface area contributed by atoms with Crippen molar-refractivity contribution in [2.45, 2.75) is 19.3 Å². The third-order valence-electron chi connectivity index (χ3n) is 3.15. The number of benzene rings is 1. The Morgan fingerprint density at radius 2 is 2.11 bits per heavy atom. The highest BCUT2D eigenvalue weighted by Gasteiger charge is 2.27. The molecular formula is C13H16N2O3. The minimum absolute atomic E-state index is 0.0511. The third-order valence-corrected chi connectivity index (χ3v) is 3.15. The highest BCUT2D eigenvalue weighted by Crippen LogP contribution is 2.33. The van der Waals surface area contributed by atoms with Crippen molar-refractivity contribution in [1.82, 2.24) is 0 Å². The standard InChI is InChI=1S/C13H16N2O3/c1-15(12(16)6-8-2-3-8)11-5-4-9(14)7-10(11)13(17)18/h4-5,7-8H,2-3,6,14H2,1H3,(H,17,18). The van der Waals surface area contributed by atoms with E-state index in [0.717, 1.165) is 12.8 Å². The third kappa shape index (κ3) is 2.61. The van der Waals surface area contributed by atoms with Gasteiger partial charge in [-0.25, -0.2) is 4.79 Å². The smallest absolute Gasteiger partial charge is 0.337 e. The average Bonchev–Trinajstić information content (AvgIpc) is 3.11. The summed E-state index contributed by atoms with van der Waals surface area (Å²) in [5, 5.41) is 9.12. The van der Waals surface area contributed by atoms with E-state index in [1.807, 2.05) is 0 Å². The van der Waals surface area contributed by atoms with E-state index in [0.29, 0.717) is 23.7 Å². The monoisotopic (exact) mass is 248 g/mol. The number of carbonyl (C=O) groups is 2. The molecule has 0 bridgehead atoms. The van der Waals surface area contributed by atoms with Crippen LogP contribution >= 0.6 is 0 Å². The maximum absolute atomic E-state index is 12.0. The Kier molecular flexibility index (Phi) is 3.23. The number of hydrogen-bond acceptors (Lipinski definition) is 3. The van der Waals surface area contributed by atoms with Gasteiger partial charge in [0.1, 0.15) is 0 Å². The molecule has 0 atom stereocenters. The Bertz CT molecular complexity index is 495. The second-order valence-electron chi connectivity index (χ2n) is 4.68. The fraction of sp³-hybridized carbons (Fsp3) is 0.385. The highest BCUT2D eigenvalue weighted by molar-refractivity contribution is 6.02. The molecule has 1 fully saturated rings. The van der Waals surface area contributed by atoms with Gasteiger partial charge in [-0.2, -0.15) is 0 Å². The molecule has 1 saturated carbocycles. The lowest BCUT2D eigenvalue weighted by molar-refractivity contribution is -0.118. The summed E-state index contributed by atoms with van der Waals surface area (Å²) >= 11 is 0. The normalized spacial score (nSPS) is 14.3. The van der Waals surface area contributed by atoms with E-state index in [2.05, 4.69) is 0 Å². The number of nitrogens with zero attached hydrogens (tertiary/aromatic N) is 1. The predicted octanol–water partition coefficient (Wildman–Crippen LogP) is 1.73. The summed E-state index contributed by atoms with van der Waals surface area (Å²) in [7, 11) is 1.60. The Labute approximate surface area is 105 Å². The Balaban J connectivity index is 2.25. The number of carbonyl (C=O) groups excluding carboxylic acids is 1. The van der Waals surface area contributed by atoms with Crippen LogP contribution in [0.25, 0.3) is 0 Å². The molecule has 5 heteroatoms. The molecule has 0 unspecified atom stereocenters. The van der Waals surface area contributed by atoms with E-state index >= 15 is 0 Å². The number of aromatic carboxylic acids is 1. The first-order valence-electron chi connectivity index (χ1n) is 5.88. The Morgan fingerprint density at radius 1 is 1.44 bits per heavy atom. The molecule has 0 spiro atoms. The highest BCUT2D eigenvalue weighted by atomic mass is 16.4. The van der Waals surface area contributed by atoms with Crippen molar-refractivity contribution in [3.05, 3.63) is 23.8 Å². The SMILES string of the molecule is CN(C(=O)CC1CC1)c1ccc(N)cc1C(=O)O. The Morgan fingerprint density at radius 3 is 2.67 bits per heavy atom. The van der Waals surface area contributed by atoms with Gasteiger partial charge >= 0.3 is 5.97 Å². The molecular weight excluding hydrogens is 232 g/mol. The minimum Gasteiger partial charge on any atom is -0.478 e. The van der Waals surface area contributed by atoms with Crippen LogP contribution in [0.3, 0.4) is 0 Å². The lowest BCUT2D eigenvalue weighted by atomic mass is 10.1. The summed E-state index contributed by atoms with van der Waals surface area (Å²) < 4.78 is 0. The summed E-state index contributed by atoms with van der Waals surface area (Å²) in [4.78, 5) is 24.5. The molecule has 1 amide bonds. The van der Waals surface area contributed by atoms with Crippen LogP contribution in [0.2, 0.25) is 0 Å². The first kappa shape index (κ1) is 12.4. The van der Waals surface area contributed by atoms with Crippen molar-refractivity contribution >= 4 is 23.3 Å². The first-order chi connectivity index (χ1) is 8.49. The lowest BCUT2D eigenvalue weighted by Gasteiger charge is -2.19. The average molecular weight is 248 g/mol. The van der Waals surface area contributed by atoms with E-state index < -0.39 is 5.97 Å². The van der Waals surface area contributed by atoms with Crippen molar-refractivity contribution in [2.75, 3.05) is 17.7 Å². The number of anilines is 2. The molecule has 1 aromatic carbocycles. The van der Waals surface area contributed by atoms with Gasteiger partial charge in [0.25, 0.3) is 0 Å². The van der Waals surface area contributed by atoms with Gasteiger partial charge in [0, 0.05) is 19.2 Å². The molecule has 3 N–H and O–H groups in total. The molecule has 0 radical (unpaired) electrons. The zero-order valence-corrected chi connectivity index (χ0v) is 10.2. The van der Waals surface area contributed by atoms with E-state index in [1.165, 1.54) is 11.0 Å². The van der Waals surface area contributed by atoms with Gasteiger partial charge < -0.3 is 15.7 Å². The van der Waals surface area contributed by atoms with Gasteiger partial charge in [0.15, 0.2) is 0 Å². The van der Waals surface area contributed by atoms with E-state index in [9.17, 15) is 9.59 Å². The number of nitrogen functional groups attached to an aromatic ring is 1. The van der Waals surface area contributed by atoms with Crippen LogP contribution in [0.4, 0.5) is 11.4 Å². The summed E-state index contributed by atoms with van der Waals surface area (Å²) in [6.07, 6.45) is 2.67. The van der Waals surface area contributed by atoms with E-state index in [1.54, 1.807) is 19.2 Å². The van der Waals surface area contributed by atoms with Crippen molar-refractivity contribution in [3.63, 3.8) is 0 Å². The predicted molar refractivity (Wildman–Crippen MR) is 68.6 cm³/mol. The number of nitrogens with two attached hydrogens (primary N) is 1. The lowest BCUT2D eigenvalue weighted by Crippen LogP contribution is -2.28. The number of rotatable bonds is 4. The van der Waals surface area contributed by atoms with Gasteiger partial charge in [-0.15, -0.1) is 0 Å². The van der Waals surface area contributed by atoms with Crippen molar-refractivity contribution < 1.29 is 14.7 Å². The molecule has 18 heavy (non-hydrogen) atoms. The fourth-order valence-corrected chi connectivity index (χ4v) is 1.86. The molecule has 5 nitrogen and oxygen atoms in total. The van der Waals surface area contributed by atoms with Crippen LogP contribution in [0.5, 0.6) is 0 Å². The van der Waals surface area contributed by atoms with Gasteiger partial charge in [0.2, 0.25) is 5.91 Å². The summed E-state index contributed by atoms with van der Waals surface area (Å²) in [6.45, 7) is 0. The molecule has 0 saturated heterocycles. The van der Waals surface area contributed by atoms with Gasteiger partial charge in [-0.3, -0.25) is 4.79 Å². The quantitative estimate of drug-likeness (QED) is 0.795. The van der Waals surface area contributed by atoms with Gasteiger partial charge in [-0.05, 0) is 37.0 Å². The molecule has 0 heterocycles. The maximum atomic E-state index is 12.0. The van der Waals surface area contributed by atoms with Crippen LogP contribution in [-0.2, 0) is 4.79 Å². The van der Waals surface area contributed by atoms with Gasteiger partial charge in [0.05, 0.1) is 11.3 Å². The minimum atomic E-state index is -1.08. The molecule has 1 aliphatic rings. The van der Waals surface area contributed by atoms with Crippen LogP contribution in [0.15, 0.2) is 18.2 Å². The topological polar surface area (TPSA) is 83.6 Å². The molecule has 0 aliphatic heterocycles. The zero-order chi connectivity index (χ0) is 13.3. The van der Waals surface area contributed by atoms with Crippen molar-refractivity contribution in [1.29, 1.82) is 0 Å². The van der Waals surface area contributed by atoms with Crippen molar-refractivity contribution in [3.8, 4) is 0 Å². The molecule has 1 aromatic rings. The summed E-state index contributed by atoms with van der Waals surface area (Å²) in [6, 6.07) is 4.55. The van der Waals surface area contributed by atoms with Crippen LogP contribution < -0.4 is 10.6 Å². The largest absolute Gasteiger partial charge is 0.478 e. The maximum Gasteiger partial charge on any atom is 0.337 e. The van der Waals surface area contributed by atoms with Crippen LogP contribution in [0, 0.1) is 5.92 Å². The summed E-state index contributed by atoms with van der Waals surface area (Å²) in [5.41, 5.74) is 6.39. The molecule has 2 rings (SSSR count). The van der Waals surface area contributed by atoms with Crippen LogP contribution in [0.1, 0.15) is 29.6 Å². The molecule has 0 aromatic heterocycles. The van der Waals surface area contributed by atoms with Gasteiger partial charge in [-0.1, -0.05) is 0 Å². The zero-order valence-electron chi connectivity index (χ0n) is 10.2. The molecule has 1 aliphatic carbocycles. The van der Waals surface area contributed by atoms with Crippen molar-refractivity contribution in [2.24, 2.45) is 5.92 Å². The van der Waals surface area contributed by atoms with Crippen LogP contribution in [-0.4, -0.2) is 24.0 Å². The van der Waals surface area contributed by atoms with E-state index in [4.69, 9.17) is 10.8 Å². The first-order valence-corrected chi connectivity index (χ1v) is 5.88. The number of carboxylic acid groups (broad SMARTS) is 1. The Hall–Kier alpha value is -2.04.